The van der Waals surface area contributed by atoms with Crippen LogP contribution in [-0.4, -0.2) is 28.1 Å². The standard InChI is InChI=1S/C20H18N4O3S/c1-3-10-28-20-22-19(26)17-13-6-4-5-7-14(13)21-18(24(17)23-20)12-8-9-15(25)16(11-12)27-2/h3-9,11,18H,1,10H2,2H3,(H2,22,23,25,26)/p+1/t18-/m1/s1. The van der Waals surface area contributed by atoms with Crippen LogP contribution in [-0.2, 0) is 0 Å². The van der Waals surface area contributed by atoms with Gasteiger partial charge in [0.25, 0.3) is 6.17 Å². The van der Waals surface area contributed by atoms with E-state index in [9.17, 15) is 9.90 Å². The van der Waals surface area contributed by atoms with E-state index in [1.54, 1.807) is 29.0 Å². The number of nitrogens with zero attached hydrogens (tertiary/aromatic N) is 2. The Kier molecular flexibility index (Phi) is 4.79. The second-order valence-corrected chi connectivity index (χ2v) is 7.18. The molecule has 1 aliphatic rings. The van der Waals surface area contributed by atoms with Gasteiger partial charge in [-0.15, -0.1) is 6.58 Å². The van der Waals surface area contributed by atoms with Crippen molar-refractivity contribution in [1.82, 2.24) is 10.1 Å². The average molecular weight is 395 g/mol. The summed E-state index contributed by atoms with van der Waals surface area (Å²) in [5.74, 6) is 1.03. The fourth-order valence-corrected chi connectivity index (χ4v) is 3.77. The number of anilines is 1. The number of para-hydroxylation sites is 1. The minimum absolute atomic E-state index is 0.0498. The molecule has 3 N–H and O–H groups in total. The Labute approximate surface area is 165 Å². The van der Waals surface area contributed by atoms with Crippen molar-refractivity contribution in [2.45, 2.75) is 11.3 Å². The summed E-state index contributed by atoms with van der Waals surface area (Å²) in [7, 11) is 1.50. The van der Waals surface area contributed by atoms with Gasteiger partial charge in [-0.1, -0.05) is 30.0 Å². The van der Waals surface area contributed by atoms with Gasteiger partial charge in [-0.2, -0.15) is 0 Å². The van der Waals surface area contributed by atoms with Crippen molar-refractivity contribution in [3.63, 3.8) is 0 Å². The van der Waals surface area contributed by atoms with Crippen LogP contribution < -0.4 is 20.3 Å². The molecule has 3 aromatic rings. The maximum Gasteiger partial charge on any atom is 0.325 e. The predicted molar refractivity (Wildman–Crippen MR) is 108 cm³/mol. The molecule has 1 atom stereocenters. The Bertz CT molecular complexity index is 1110. The first kappa shape index (κ1) is 18.1. The van der Waals surface area contributed by atoms with Gasteiger partial charge in [-0.25, -0.2) is 0 Å². The van der Waals surface area contributed by atoms with Gasteiger partial charge in [-0.05, 0) is 35.0 Å². The van der Waals surface area contributed by atoms with Crippen LogP contribution in [0.15, 0.2) is 65.1 Å². The van der Waals surface area contributed by atoms with E-state index in [0.29, 0.717) is 22.4 Å². The molecule has 0 bridgehead atoms. The van der Waals surface area contributed by atoms with Crippen molar-refractivity contribution in [3.05, 3.63) is 71.0 Å². The topological polar surface area (TPSA) is 91.1 Å². The first-order valence-corrected chi connectivity index (χ1v) is 9.63. The summed E-state index contributed by atoms with van der Waals surface area (Å²) in [4.78, 5) is 15.8. The SMILES string of the molecule is C=CCSc1n[n+]2c(c(=O)[nH]1)-c1ccccc1N[C@H]2c1ccc(O)c(OC)c1. The number of methoxy groups -OCH3 is 1. The average Bonchev–Trinajstić information content (AvgIpc) is 2.71. The molecule has 0 fully saturated rings. The third-order valence-electron chi connectivity index (χ3n) is 4.44. The predicted octanol–water partition coefficient (Wildman–Crippen LogP) is 2.69. The number of phenolic OH excluding ortho intramolecular Hbond substituents is 1. The molecule has 7 nitrogen and oxygen atoms in total. The number of hydrogen-bond donors (Lipinski definition) is 3. The van der Waals surface area contributed by atoms with E-state index in [4.69, 9.17) is 4.74 Å². The maximum atomic E-state index is 12.9. The van der Waals surface area contributed by atoms with Gasteiger partial charge in [0.1, 0.15) is 0 Å². The van der Waals surface area contributed by atoms with E-state index in [1.165, 1.54) is 18.9 Å². The number of ether oxygens (including phenoxy) is 1. The molecule has 8 heteroatoms. The normalized spacial score (nSPS) is 14.5. The quantitative estimate of drug-likeness (QED) is 0.350. The zero-order chi connectivity index (χ0) is 19.7. The number of rotatable bonds is 5. The van der Waals surface area contributed by atoms with Gasteiger partial charge >= 0.3 is 11.3 Å². The van der Waals surface area contributed by atoms with Crippen LogP contribution in [0.25, 0.3) is 11.3 Å². The van der Waals surface area contributed by atoms with Crippen molar-refractivity contribution < 1.29 is 14.5 Å². The number of phenols is 1. The van der Waals surface area contributed by atoms with Gasteiger partial charge in [0.05, 0.1) is 18.4 Å². The highest BCUT2D eigenvalue weighted by Gasteiger charge is 2.37. The largest absolute Gasteiger partial charge is 0.504 e. The lowest BCUT2D eigenvalue weighted by molar-refractivity contribution is -0.759. The zero-order valence-corrected chi connectivity index (χ0v) is 16.0. The highest BCUT2D eigenvalue weighted by molar-refractivity contribution is 7.99. The molecule has 0 spiro atoms. The molecule has 1 aliphatic heterocycles. The van der Waals surface area contributed by atoms with E-state index >= 15 is 0 Å². The van der Waals surface area contributed by atoms with Gasteiger partial charge in [-0.3, -0.25) is 9.78 Å². The van der Waals surface area contributed by atoms with E-state index in [2.05, 4.69) is 22.0 Å². The molecule has 4 rings (SSSR count). The minimum atomic E-state index is -0.440. The summed E-state index contributed by atoms with van der Waals surface area (Å²) in [5, 5.41) is 18.5. The summed E-state index contributed by atoms with van der Waals surface area (Å²) in [5.41, 5.74) is 2.66. The van der Waals surface area contributed by atoms with Gasteiger partial charge < -0.3 is 15.2 Å². The summed E-state index contributed by atoms with van der Waals surface area (Å²) in [6, 6.07) is 12.7. The lowest BCUT2D eigenvalue weighted by Gasteiger charge is -2.22. The number of thioether (sulfide) groups is 1. The van der Waals surface area contributed by atoms with Crippen molar-refractivity contribution >= 4 is 17.4 Å². The summed E-state index contributed by atoms with van der Waals surface area (Å²) >= 11 is 1.40. The number of nitrogens with one attached hydrogen (secondary N) is 2. The smallest absolute Gasteiger partial charge is 0.325 e. The summed E-state index contributed by atoms with van der Waals surface area (Å²) in [6.07, 6.45) is 1.31. The molecule has 0 unspecified atom stereocenters. The fraction of sp³-hybridized carbons (Fsp3) is 0.150. The maximum absolute atomic E-state index is 12.9. The van der Waals surface area contributed by atoms with Crippen molar-refractivity contribution in [2.24, 2.45) is 0 Å². The molecule has 0 saturated carbocycles. The van der Waals surface area contributed by atoms with Crippen molar-refractivity contribution in [1.29, 1.82) is 0 Å². The third-order valence-corrected chi connectivity index (χ3v) is 5.30. The van der Waals surface area contributed by atoms with Crippen LogP contribution in [0.1, 0.15) is 11.7 Å². The molecular formula is C20H19N4O3S+. The number of benzene rings is 2. The van der Waals surface area contributed by atoms with E-state index in [-0.39, 0.29) is 11.3 Å². The Morgan fingerprint density at radius 2 is 2.18 bits per heavy atom. The van der Waals surface area contributed by atoms with Crippen LogP contribution in [0.3, 0.4) is 0 Å². The van der Waals surface area contributed by atoms with Crippen LogP contribution in [0.2, 0.25) is 0 Å². The highest BCUT2D eigenvalue weighted by Crippen LogP contribution is 2.34. The van der Waals surface area contributed by atoms with E-state index in [1.807, 2.05) is 24.3 Å². The molecular weight excluding hydrogens is 376 g/mol. The molecule has 0 saturated heterocycles. The second kappa shape index (κ2) is 7.40. The Balaban J connectivity index is 1.92. The molecule has 28 heavy (non-hydrogen) atoms. The lowest BCUT2D eigenvalue weighted by Crippen LogP contribution is -2.55. The Morgan fingerprint density at radius 1 is 1.36 bits per heavy atom. The highest BCUT2D eigenvalue weighted by atomic mass is 32.2. The summed E-state index contributed by atoms with van der Waals surface area (Å²) in [6.45, 7) is 3.71. The number of H-pyrrole nitrogens is 1. The van der Waals surface area contributed by atoms with Crippen molar-refractivity contribution in [2.75, 3.05) is 18.2 Å². The first-order chi connectivity index (χ1) is 13.6. The van der Waals surface area contributed by atoms with Gasteiger partial charge in [0.15, 0.2) is 11.5 Å². The van der Waals surface area contributed by atoms with Crippen LogP contribution in [0.4, 0.5) is 5.69 Å². The zero-order valence-electron chi connectivity index (χ0n) is 15.2. The molecule has 142 valence electrons. The monoisotopic (exact) mass is 395 g/mol. The van der Waals surface area contributed by atoms with Crippen molar-refractivity contribution in [3.8, 4) is 22.8 Å². The lowest BCUT2D eigenvalue weighted by atomic mass is 10.0. The Hall–Kier alpha value is -3.26. The molecule has 2 aromatic carbocycles. The third kappa shape index (κ3) is 3.11. The number of aromatic amines is 1. The van der Waals surface area contributed by atoms with Crippen LogP contribution in [0, 0.1) is 0 Å². The van der Waals surface area contributed by atoms with E-state index < -0.39 is 6.17 Å². The number of hydrogen-bond acceptors (Lipinski definition) is 6. The minimum Gasteiger partial charge on any atom is -0.504 e. The molecule has 1 aromatic heterocycles. The number of fused-ring (bicyclic) bond motifs is 3. The second-order valence-electron chi connectivity index (χ2n) is 6.18. The van der Waals surface area contributed by atoms with Gasteiger partial charge in [0, 0.05) is 16.4 Å². The van der Waals surface area contributed by atoms with Crippen LogP contribution in [0.5, 0.6) is 11.5 Å². The van der Waals surface area contributed by atoms with Gasteiger partial charge in [0.2, 0.25) is 5.16 Å². The van der Waals surface area contributed by atoms with E-state index in [0.717, 1.165) is 16.8 Å². The number of aromatic nitrogens is 3. The Morgan fingerprint density at radius 3 is 2.96 bits per heavy atom. The molecule has 0 radical (unpaired) electrons. The molecule has 0 aliphatic carbocycles. The fourth-order valence-electron chi connectivity index (χ4n) is 3.18. The summed E-state index contributed by atoms with van der Waals surface area (Å²) < 4.78 is 6.92. The first-order valence-electron chi connectivity index (χ1n) is 8.65. The molecule has 2 heterocycles. The molecule has 0 amide bonds. The number of aromatic hydroxyl groups is 1. The van der Waals surface area contributed by atoms with Crippen LogP contribution >= 0.6 is 11.8 Å².